The van der Waals surface area contributed by atoms with Gasteiger partial charge in [-0.15, -0.1) is 11.3 Å². The van der Waals surface area contributed by atoms with Gasteiger partial charge in [-0.25, -0.2) is 4.98 Å². The summed E-state index contributed by atoms with van der Waals surface area (Å²) in [6, 6.07) is 0. The first-order chi connectivity index (χ1) is 6.34. The van der Waals surface area contributed by atoms with Crippen molar-refractivity contribution < 1.29 is 0 Å². The molecule has 0 aromatic carbocycles. The van der Waals surface area contributed by atoms with Gasteiger partial charge < -0.3 is 5.32 Å². The van der Waals surface area contributed by atoms with E-state index in [-0.39, 0.29) is 0 Å². The molecule has 13 heavy (non-hydrogen) atoms. The Balaban J connectivity index is 1.78. The van der Waals surface area contributed by atoms with Crippen molar-refractivity contribution in [1.82, 2.24) is 4.98 Å². The smallest absolute Gasteiger partial charge is 0.182 e. The summed E-state index contributed by atoms with van der Waals surface area (Å²) < 4.78 is 0. The van der Waals surface area contributed by atoms with Crippen LogP contribution in [0.15, 0.2) is 5.38 Å². The molecule has 1 unspecified atom stereocenters. The van der Waals surface area contributed by atoms with Gasteiger partial charge in [-0.2, -0.15) is 11.8 Å². The molecule has 1 atom stereocenters. The zero-order valence-electron chi connectivity index (χ0n) is 7.75. The maximum absolute atomic E-state index is 4.37. The number of rotatable bonds is 3. The summed E-state index contributed by atoms with van der Waals surface area (Å²) in [6.45, 7) is 3.13. The summed E-state index contributed by atoms with van der Waals surface area (Å²) in [5.41, 5.74) is 1.12. The van der Waals surface area contributed by atoms with Crippen molar-refractivity contribution in [3.05, 3.63) is 11.1 Å². The normalized spacial score (nSPS) is 22.1. The summed E-state index contributed by atoms with van der Waals surface area (Å²) >= 11 is 3.77. The Bertz CT molecular complexity index is 266. The van der Waals surface area contributed by atoms with E-state index in [0.717, 1.165) is 23.3 Å². The molecule has 4 heteroatoms. The molecule has 72 valence electrons. The van der Waals surface area contributed by atoms with Gasteiger partial charge in [-0.3, -0.25) is 0 Å². The molecular weight excluding hydrogens is 200 g/mol. The molecule has 0 aliphatic carbocycles. The zero-order chi connectivity index (χ0) is 9.10. The average molecular weight is 214 g/mol. The van der Waals surface area contributed by atoms with Crippen molar-refractivity contribution in [2.75, 3.05) is 23.4 Å². The summed E-state index contributed by atoms with van der Waals surface area (Å²) in [5, 5.41) is 6.57. The fraction of sp³-hybridized carbons (Fsp3) is 0.667. The van der Waals surface area contributed by atoms with Crippen LogP contribution in [-0.4, -0.2) is 23.0 Å². The zero-order valence-corrected chi connectivity index (χ0v) is 9.38. The third-order valence-corrected chi connectivity index (χ3v) is 4.33. The first kappa shape index (κ1) is 9.34. The van der Waals surface area contributed by atoms with Gasteiger partial charge in [0.25, 0.3) is 0 Å². The maximum atomic E-state index is 4.37. The van der Waals surface area contributed by atoms with Gasteiger partial charge in [0, 0.05) is 11.9 Å². The summed E-state index contributed by atoms with van der Waals surface area (Å²) in [6.07, 6.45) is 1.36. The summed E-state index contributed by atoms with van der Waals surface area (Å²) in [4.78, 5) is 4.37. The lowest BCUT2D eigenvalue weighted by molar-refractivity contribution is 0.631. The van der Waals surface area contributed by atoms with Gasteiger partial charge in [0.05, 0.1) is 5.69 Å². The standard InChI is InChI=1S/C9H14N2S2/c1-7-5-13-9(11-7)10-4-8-2-3-12-6-8/h5,8H,2-4,6H2,1H3,(H,10,11). The van der Waals surface area contributed by atoms with Crippen molar-refractivity contribution in [1.29, 1.82) is 0 Å². The fourth-order valence-electron chi connectivity index (χ4n) is 1.41. The number of thiazole rings is 1. The molecule has 2 heterocycles. The van der Waals surface area contributed by atoms with Crippen LogP contribution in [0.25, 0.3) is 0 Å². The molecule has 0 saturated carbocycles. The number of aromatic nitrogens is 1. The second-order valence-electron chi connectivity index (χ2n) is 3.40. The molecule has 0 spiro atoms. The van der Waals surface area contributed by atoms with Crippen LogP contribution in [0.2, 0.25) is 0 Å². The van der Waals surface area contributed by atoms with E-state index in [1.54, 1.807) is 11.3 Å². The molecule has 0 amide bonds. The van der Waals surface area contributed by atoms with Crippen LogP contribution in [0, 0.1) is 12.8 Å². The minimum atomic E-state index is 0.856. The lowest BCUT2D eigenvalue weighted by Gasteiger charge is -2.07. The van der Waals surface area contributed by atoms with Crippen LogP contribution in [0.3, 0.4) is 0 Å². The van der Waals surface area contributed by atoms with Crippen LogP contribution >= 0.6 is 23.1 Å². The first-order valence-electron chi connectivity index (χ1n) is 4.58. The second kappa shape index (κ2) is 4.33. The quantitative estimate of drug-likeness (QED) is 0.837. The molecule has 1 fully saturated rings. The molecular formula is C9H14N2S2. The predicted molar refractivity (Wildman–Crippen MR) is 60.8 cm³/mol. The molecule has 2 nitrogen and oxygen atoms in total. The third kappa shape index (κ3) is 2.61. The summed E-state index contributed by atoms with van der Waals surface area (Å²) in [5.74, 6) is 3.51. The van der Waals surface area contributed by atoms with Crippen LogP contribution < -0.4 is 5.32 Å². The van der Waals surface area contributed by atoms with Gasteiger partial charge in [-0.1, -0.05) is 0 Å². The fourth-order valence-corrected chi connectivity index (χ4v) is 3.39. The van der Waals surface area contributed by atoms with E-state index in [9.17, 15) is 0 Å². The average Bonchev–Trinajstić information content (AvgIpc) is 2.71. The van der Waals surface area contributed by atoms with Gasteiger partial charge in [-0.05, 0) is 30.8 Å². The van der Waals surface area contributed by atoms with E-state index < -0.39 is 0 Å². The monoisotopic (exact) mass is 214 g/mol. The highest BCUT2D eigenvalue weighted by molar-refractivity contribution is 7.99. The van der Waals surface area contributed by atoms with Crippen molar-refractivity contribution in [2.24, 2.45) is 5.92 Å². The van der Waals surface area contributed by atoms with Gasteiger partial charge in [0.15, 0.2) is 5.13 Å². The van der Waals surface area contributed by atoms with Crippen LogP contribution in [-0.2, 0) is 0 Å². The highest BCUT2D eigenvalue weighted by Gasteiger charge is 2.15. The Kier molecular flexibility index (Phi) is 3.11. The second-order valence-corrected chi connectivity index (χ2v) is 5.41. The molecule has 2 rings (SSSR count). The van der Waals surface area contributed by atoms with E-state index in [1.165, 1.54) is 17.9 Å². The number of aryl methyl sites for hydroxylation is 1. The van der Waals surface area contributed by atoms with Crippen LogP contribution in [0.1, 0.15) is 12.1 Å². The van der Waals surface area contributed by atoms with Crippen molar-refractivity contribution in [3.63, 3.8) is 0 Å². The van der Waals surface area contributed by atoms with E-state index in [2.05, 4.69) is 27.4 Å². The highest BCUT2D eigenvalue weighted by atomic mass is 32.2. The van der Waals surface area contributed by atoms with E-state index >= 15 is 0 Å². The lowest BCUT2D eigenvalue weighted by atomic mass is 10.1. The maximum Gasteiger partial charge on any atom is 0.182 e. The van der Waals surface area contributed by atoms with E-state index in [1.807, 2.05) is 6.92 Å². The van der Waals surface area contributed by atoms with E-state index in [4.69, 9.17) is 0 Å². The SMILES string of the molecule is Cc1csc(NCC2CCSC2)n1. The predicted octanol–water partition coefficient (Wildman–Crippen LogP) is 2.62. The molecule has 1 saturated heterocycles. The third-order valence-electron chi connectivity index (χ3n) is 2.18. The highest BCUT2D eigenvalue weighted by Crippen LogP contribution is 2.24. The van der Waals surface area contributed by atoms with Crippen molar-refractivity contribution in [2.45, 2.75) is 13.3 Å². The Labute approximate surface area is 87.1 Å². The minimum absolute atomic E-state index is 0.856. The Morgan fingerprint density at radius 3 is 3.23 bits per heavy atom. The van der Waals surface area contributed by atoms with Crippen LogP contribution in [0.4, 0.5) is 5.13 Å². The number of nitrogens with one attached hydrogen (secondary N) is 1. The Morgan fingerprint density at radius 2 is 2.62 bits per heavy atom. The number of nitrogens with zero attached hydrogens (tertiary/aromatic N) is 1. The van der Waals surface area contributed by atoms with E-state index in [0.29, 0.717) is 0 Å². The lowest BCUT2D eigenvalue weighted by Crippen LogP contribution is -2.13. The molecule has 0 bridgehead atoms. The first-order valence-corrected chi connectivity index (χ1v) is 6.62. The Hall–Kier alpha value is -0.220. The molecule has 1 aromatic rings. The number of hydrogen-bond acceptors (Lipinski definition) is 4. The number of thioether (sulfide) groups is 1. The topological polar surface area (TPSA) is 24.9 Å². The Morgan fingerprint density at radius 1 is 1.69 bits per heavy atom. The summed E-state index contributed by atoms with van der Waals surface area (Å²) in [7, 11) is 0. The molecule has 0 radical (unpaired) electrons. The molecule has 1 aliphatic heterocycles. The van der Waals surface area contributed by atoms with Gasteiger partial charge in [0.1, 0.15) is 0 Å². The van der Waals surface area contributed by atoms with Gasteiger partial charge >= 0.3 is 0 Å². The van der Waals surface area contributed by atoms with Crippen LogP contribution in [0.5, 0.6) is 0 Å². The molecule has 1 aromatic heterocycles. The molecule has 1 aliphatic rings. The van der Waals surface area contributed by atoms with Gasteiger partial charge in [0.2, 0.25) is 0 Å². The molecule has 1 N–H and O–H groups in total. The minimum Gasteiger partial charge on any atom is -0.361 e. The largest absolute Gasteiger partial charge is 0.361 e. The number of anilines is 1. The van der Waals surface area contributed by atoms with Crippen molar-refractivity contribution >= 4 is 28.2 Å². The number of hydrogen-bond donors (Lipinski definition) is 1. The van der Waals surface area contributed by atoms with Crippen molar-refractivity contribution in [3.8, 4) is 0 Å².